The zero-order valence-electron chi connectivity index (χ0n) is 18.4. The minimum absolute atomic E-state index is 0.0109. The molecule has 1 aliphatic heterocycles. The first-order chi connectivity index (χ1) is 15.6. The van der Waals surface area contributed by atoms with Gasteiger partial charge in [0.2, 0.25) is 12.7 Å². The zero-order valence-corrected chi connectivity index (χ0v) is 20.0. The molecule has 1 saturated carbocycles. The molecule has 1 fully saturated rings. The van der Waals surface area contributed by atoms with Crippen molar-refractivity contribution in [3.05, 3.63) is 40.0 Å². The predicted octanol–water partition coefficient (Wildman–Crippen LogP) is 5.49. The highest BCUT2D eigenvalue weighted by atomic mass is 32.2. The van der Waals surface area contributed by atoms with Gasteiger partial charge in [-0.25, -0.2) is 9.97 Å². The molecule has 1 aromatic carbocycles. The number of thiophene rings is 1. The lowest BCUT2D eigenvalue weighted by molar-refractivity contribution is -0.118. The SMILES string of the molecule is Cc1sc2nc(C3CCCCC3)nc(SCC(=O)NCc3ccc4c(c3)OCO4)c2c1C. The standard InChI is InChI=1S/C24H27N3O3S2/c1-14-15(2)32-24-21(14)23(26-22(27-24)17-6-4-3-5-7-17)31-12-20(28)25-11-16-8-9-18-19(10-16)30-13-29-18/h8-10,17H,3-7,11-13H2,1-2H3,(H,25,28). The molecule has 0 bridgehead atoms. The fourth-order valence-electron chi connectivity index (χ4n) is 4.31. The first kappa shape index (κ1) is 21.5. The van der Waals surface area contributed by atoms with Crippen LogP contribution in [-0.2, 0) is 11.3 Å². The van der Waals surface area contributed by atoms with Gasteiger partial charge in [0, 0.05) is 22.7 Å². The van der Waals surface area contributed by atoms with Crippen LogP contribution in [0.5, 0.6) is 11.5 Å². The third-order valence-electron chi connectivity index (χ3n) is 6.25. The summed E-state index contributed by atoms with van der Waals surface area (Å²) < 4.78 is 10.8. The molecule has 0 unspecified atom stereocenters. The van der Waals surface area contributed by atoms with Crippen LogP contribution >= 0.6 is 23.1 Å². The fraction of sp³-hybridized carbons (Fsp3) is 0.458. The summed E-state index contributed by atoms with van der Waals surface area (Å²) in [5.74, 6) is 3.20. The number of rotatable bonds is 6. The van der Waals surface area contributed by atoms with E-state index >= 15 is 0 Å². The van der Waals surface area contributed by atoms with Crippen LogP contribution < -0.4 is 14.8 Å². The van der Waals surface area contributed by atoms with E-state index in [4.69, 9.17) is 19.4 Å². The van der Waals surface area contributed by atoms with E-state index in [-0.39, 0.29) is 12.7 Å². The molecule has 3 aromatic rings. The van der Waals surface area contributed by atoms with E-state index in [1.165, 1.54) is 41.5 Å². The summed E-state index contributed by atoms with van der Waals surface area (Å²) in [5, 5.41) is 5.06. The Labute approximate surface area is 196 Å². The van der Waals surface area contributed by atoms with Crippen LogP contribution in [0.25, 0.3) is 10.2 Å². The molecule has 2 aliphatic rings. The minimum atomic E-state index is -0.0109. The van der Waals surface area contributed by atoms with E-state index < -0.39 is 0 Å². The minimum Gasteiger partial charge on any atom is -0.454 e. The molecule has 1 N–H and O–H groups in total. The Kier molecular flexibility index (Phi) is 6.24. The Bertz CT molecular complexity index is 1160. The van der Waals surface area contributed by atoms with Crippen molar-refractivity contribution >= 4 is 39.2 Å². The van der Waals surface area contributed by atoms with Gasteiger partial charge in [-0.3, -0.25) is 4.79 Å². The van der Waals surface area contributed by atoms with Gasteiger partial charge in [0.1, 0.15) is 15.7 Å². The van der Waals surface area contributed by atoms with Gasteiger partial charge in [-0.05, 0) is 49.9 Å². The molecule has 168 valence electrons. The Hall–Kier alpha value is -2.32. The van der Waals surface area contributed by atoms with Crippen molar-refractivity contribution in [2.45, 2.75) is 63.4 Å². The fourth-order valence-corrected chi connectivity index (χ4v) is 6.34. The number of carbonyl (C=O) groups is 1. The summed E-state index contributed by atoms with van der Waals surface area (Å²) in [5.41, 5.74) is 2.21. The van der Waals surface area contributed by atoms with Gasteiger partial charge in [-0.1, -0.05) is 37.1 Å². The normalized spacial score (nSPS) is 15.9. The molecule has 5 rings (SSSR count). The lowest BCUT2D eigenvalue weighted by Crippen LogP contribution is -2.24. The first-order valence-electron chi connectivity index (χ1n) is 11.1. The van der Waals surface area contributed by atoms with Crippen molar-refractivity contribution in [1.29, 1.82) is 0 Å². The molecule has 2 aromatic heterocycles. The van der Waals surface area contributed by atoms with E-state index in [0.29, 0.717) is 18.2 Å². The third kappa shape index (κ3) is 4.43. The molecule has 1 amide bonds. The van der Waals surface area contributed by atoms with E-state index in [2.05, 4.69) is 19.2 Å². The van der Waals surface area contributed by atoms with Gasteiger partial charge >= 0.3 is 0 Å². The van der Waals surface area contributed by atoms with Crippen LogP contribution in [0, 0.1) is 13.8 Å². The smallest absolute Gasteiger partial charge is 0.231 e. The molecule has 6 nitrogen and oxygen atoms in total. The van der Waals surface area contributed by atoms with Crippen LogP contribution in [0.4, 0.5) is 0 Å². The van der Waals surface area contributed by atoms with Crippen molar-refractivity contribution in [1.82, 2.24) is 15.3 Å². The van der Waals surface area contributed by atoms with E-state index in [0.717, 1.165) is 51.0 Å². The highest BCUT2D eigenvalue weighted by molar-refractivity contribution is 8.00. The number of hydrogen-bond donors (Lipinski definition) is 1. The number of benzene rings is 1. The number of hydrogen-bond acceptors (Lipinski definition) is 7. The summed E-state index contributed by atoms with van der Waals surface area (Å²) in [6.45, 7) is 4.97. The van der Waals surface area contributed by atoms with Crippen LogP contribution in [0.1, 0.15) is 59.9 Å². The van der Waals surface area contributed by atoms with Crippen molar-refractivity contribution in [3.8, 4) is 11.5 Å². The van der Waals surface area contributed by atoms with Crippen molar-refractivity contribution in [3.63, 3.8) is 0 Å². The van der Waals surface area contributed by atoms with Crippen LogP contribution in [0.2, 0.25) is 0 Å². The van der Waals surface area contributed by atoms with Gasteiger partial charge in [-0.15, -0.1) is 11.3 Å². The summed E-state index contributed by atoms with van der Waals surface area (Å²) >= 11 is 3.25. The molecule has 3 heterocycles. The lowest BCUT2D eigenvalue weighted by atomic mass is 9.89. The largest absolute Gasteiger partial charge is 0.454 e. The average Bonchev–Trinajstić information content (AvgIpc) is 3.40. The summed E-state index contributed by atoms with van der Waals surface area (Å²) in [6, 6.07) is 5.74. The second-order valence-electron chi connectivity index (χ2n) is 8.44. The van der Waals surface area contributed by atoms with Crippen molar-refractivity contribution in [2.24, 2.45) is 0 Å². The molecule has 0 spiro atoms. The Morgan fingerprint density at radius 3 is 2.81 bits per heavy atom. The van der Waals surface area contributed by atoms with Crippen LogP contribution in [-0.4, -0.2) is 28.4 Å². The quantitative estimate of drug-likeness (QED) is 0.380. The number of nitrogens with one attached hydrogen (secondary N) is 1. The lowest BCUT2D eigenvalue weighted by Gasteiger charge is -2.20. The zero-order chi connectivity index (χ0) is 22.1. The van der Waals surface area contributed by atoms with Crippen LogP contribution in [0.3, 0.4) is 0 Å². The van der Waals surface area contributed by atoms with Crippen LogP contribution in [0.15, 0.2) is 23.2 Å². The maximum absolute atomic E-state index is 12.6. The number of aryl methyl sites for hydroxylation is 2. The maximum Gasteiger partial charge on any atom is 0.231 e. The monoisotopic (exact) mass is 469 g/mol. The highest BCUT2D eigenvalue weighted by Crippen LogP contribution is 2.38. The molecule has 0 radical (unpaired) electrons. The Morgan fingerprint density at radius 2 is 1.97 bits per heavy atom. The first-order valence-corrected chi connectivity index (χ1v) is 12.9. The average molecular weight is 470 g/mol. The number of nitrogens with zero attached hydrogens (tertiary/aromatic N) is 2. The van der Waals surface area contributed by atoms with Gasteiger partial charge in [-0.2, -0.15) is 0 Å². The second kappa shape index (κ2) is 9.27. The number of fused-ring (bicyclic) bond motifs is 2. The van der Waals surface area contributed by atoms with E-state index in [1.807, 2.05) is 18.2 Å². The Balaban J connectivity index is 1.28. The number of aromatic nitrogens is 2. The predicted molar refractivity (Wildman–Crippen MR) is 128 cm³/mol. The summed E-state index contributed by atoms with van der Waals surface area (Å²) in [4.78, 5) is 24.9. The van der Waals surface area contributed by atoms with Gasteiger partial charge < -0.3 is 14.8 Å². The van der Waals surface area contributed by atoms with Gasteiger partial charge in [0.15, 0.2) is 11.5 Å². The number of ether oxygens (including phenoxy) is 2. The maximum atomic E-state index is 12.6. The summed E-state index contributed by atoms with van der Waals surface area (Å²) in [6.07, 6.45) is 6.13. The van der Waals surface area contributed by atoms with Crippen molar-refractivity contribution in [2.75, 3.05) is 12.5 Å². The third-order valence-corrected chi connectivity index (χ3v) is 8.33. The molecule has 0 saturated heterocycles. The number of amides is 1. The van der Waals surface area contributed by atoms with Gasteiger partial charge in [0.05, 0.1) is 5.75 Å². The molecule has 0 atom stereocenters. The van der Waals surface area contributed by atoms with E-state index in [9.17, 15) is 4.79 Å². The molecular formula is C24H27N3O3S2. The van der Waals surface area contributed by atoms with Gasteiger partial charge in [0.25, 0.3) is 0 Å². The summed E-state index contributed by atoms with van der Waals surface area (Å²) in [7, 11) is 0. The second-order valence-corrected chi connectivity index (χ2v) is 10.6. The van der Waals surface area contributed by atoms with Crippen molar-refractivity contribution < 1.29 is 14.3 Å². The topological polar surface area (TPSA) is 73.3 Å². The molecular weight excluding hydrogens is 442 g/mol. The number of carbonyl (C=O) groups excluding carboxylic acids is 1. The Morgan fingerprint density at radius 1 is 1.16 bits per heavy atom. The molecule has 1 aliphatic carbocycles. The molecule has 32 heavy (non-hydrogen) atoms. The van der Waals surface area contributed by atoms with E-state index in [1.54, 1.807) is 11.3 Å². The highest BCUT2D eigenvalue weighted by Gasteiger charge is 2.22. The number of thioether (sulfide) groups is 1. The molecule has 8 heteroatoms.